The van der Waals surface area contributed by atoms with Gasteiger partial charge >= 0.3 is 0 Å². The van der Waals surface area contributed by atoms with E-state index in [1.54, 1.807) is 18.3 Å². The van der Waals surface area contributed by atoms with Gasteiger partial charge in [-0.05, 0) is 35.9 Å². The highest BCUT2D eigenvalue weighted by atomic mass is 35.5. The molecular formula is C17H13ClN2O. The summed E-state index contributed by atoms with van der Waals surface area (Å²) in [5.41, 5.74) is 2.40. The molecule has 4 heteroatoms. The number of benzene rings is 2. The lowest BCUT2D eigenvalue weighted by Crippen LogP contribution is -2.22. The first kappa shape index (κ1) is 13.6. The second kappa shape index (κ2) is 5.94. The Morgan fingerprint density at radius 2 is 1.90 bits per heavy atom. The summed E-state index contributed by atoms with van der Waals surface area (Å²) < 4.78 is 0. The standard InChI is InChI=1S/C17H13ClN2O/c18-15-9-13-7-4-8-19-16(13)14(10-15)11-20-17(21)12-5-2-1-3-6-12/h1-10H,11H2,(H,20,21). The monoisotopic (exact) mass is 296 g/mol. The van der Waals surface area contributed by atoms with Gasteiger partial charge in [0, 0.05) is 28.7 Å². The third kappa shape index (κ3) is 3.03. The first-order valence-corrected chi connectivity index (χ1v) is 6.98. The molecule has 0 radical (unpaired) electrons. The van der Waals surface area contributed by atoms with Gasteiger partial charge in [-0.3, -0.25) is 9.78 Å². The van der Waals surface area contributed by atoms with Gasteiger partial charge in [0.25, 0.3) is 5.91 Å². The molecule has 3 aromatic rings. The average molecular weight is 297 g/mol. The number of amides is 1. The van der Waals surface area contributed by atoms with E-state index >= 15 is 0 Å². The van der Waals surface area contributed by atoms with Crippen LogP contribution >= 0.6 is 11.6 Å². The predicted molar refractivity (Wildman–Crippen MR) is 84.4 cm³/mol. The van der Waals surface area contributed by atoms with Crippen molar-refractivity contribution in [3.05, 3.63) is 76.9 Å². The van der Waals surface area contributed by atoms with E-state index in [-0.39, 0.29) is 5.91 Å². The summed E-state index contributed by atoms with van der Waals surface area (Å²) in [5, 5.41) is 4.50. The minimum atomic E-state index is -0.111. The summed E-state index contributed by atoms with van der Waals surface area (Å²) in [5.74, 6) is -0.111. The minimum Gasteiger partial charge on any atom is -0.348 e. The van der Waals surface area contributed by atoms with Crippen LogP contribution in [0.2, 0.25) is 5.02 Å². The molecule has 21 heavy (non-hydrogen) atoms. The Hall–Kier alpha value is -2.39. The molecule has 0 aliphatic rings. The van der Waals surface area contributed by atoms with Crippen molar-refractivity contribution in [2.45, 2.75) is 6.54 Å². The molecule has 0 saturated heterocycles. The van der Waals surface area contributed by atoms with E-state index in [1.807, 2.05) is 42.5 Å². The highest BCUT2D eigenvalue weighted by Crippen LogP contribution is 2.22. The maximum Gasteiger partial charge on any atom is 0.251 e. The van der Waals surface area contributed by atoms with Crippen LogP contribution in [0.4, 0.5) is 0 Å². The number of hydrogen-bond donors (Lipinski definition) is 1. The summed E-state index contributed by atoms with van der Waals surface area (Å²) in [6.45, 7) is 0.391. The fourth-order valence-electron chi connectivity index (χ4n) is 2.23. The van der Waals surface area contributed by atoms with E-state index in [0.29, 0.717) is 17.1 Å². The zero-order chi connectivity index (χ0) is 14.7. The number of pyridine rings is 1. The van der Waals surface area contributed by atoms with Crippen molar-refractivity contribution in [1.82, 2.24) is 10.3 Å². The summed E-state index contributed by atoms with van der Waals surface area (Å²) in [7, 11) is 0. The quantitative estimate of drug-likeness (QED) is 0.798. The van der Waals surface area contributed by atoms with Crippen LogP contribution in [0.1, 0.15) is 15.9 Å². The minimum absolute atomic E-state index is 0.111. The van der Waals surface area contributed by atoms with E-state index in [2.05, 4.69) is 10.3 Å². The molecule has 104 valence electrons. The van der Waals surface area contributed by atoms with Crippen LogP contribution in [0.25, 0.3) is 10.9 Å². The van der Waals surface area contributed by atoms with Gasteiger partial charge < -0.3 is 5.32 Å². The predicted octanol–water partition coefficient (Wildman–Crippen LogP) is 3.82. The third-order valence-corrected chi connectivity index (χ3v) is 3.44. The summed E-state index contributed by atoms with van der Waals surface area (Å²) in [4.78, 5) is 16.4. The molecule has 0 fully saturated rings. The van der Waals surface area contributed by atoms with Crippen LogP contribution in [0.5, 0.6) is 0 Å². The lowest BCUT2D eigenvalue weighted by atomic mass is 10.1. The normalized spacial score (nSPS) is 10.5. The van der Waals surface area contributed by atoms with Crippen molar-refractivity contribution in [1.29, 1.82) is 0 Å². The van der Waals surface area contributed by atoms with E-state index in [9.17, 15) is 4.79 Å². The average Bonchev–Trinajstić information content (AvgIpc) is 2.53. The summed E-state index contributed by atoms with van der Waals surface area (Å²) in [6, 6.07) is 16.6. The highest BCUT2D eigenvalue weighted by molar-refractivity contribution is 6.31. The molecular weight excluding hydrogens is 284 g/mol. The van der Waals surface area contributed by atoms with Crippen molar-refractivity contribution in [3.63, 3.8) is 0 Å². The van der Waals surface area contributed by atoms with E-state index in [4.69, 9.17) is 11.6 Å². The molecule has 0 saturated carbocycles. The lowest BCUT2D eigenvalue weighted by Gasteiger charge is -2.08. The van der Waals surface area contributed by atoms with E-state index < -0.39 is 0 Å². The molecule has 0 spiro atoms. The maximum absolute atomic E-state index is 12.1. The number of aromatic nitrogens is 1. The van der Waals surface area contributed by atoms with Gasteiger partial charge in [-0.1, -0.05) is 35.9 Å². The molecule has 1 heterocycles. The molecule has 1 amide bonds. The van der Waals surface area contributed by atoms with Crippen LogP contribution in [0, 0.1) is 0 Å². The van der Waals surface area contributed by atoms with Gasteiger partial charge in [-0.2, -0.15) is 0 Å². The number of hydrogen-bond acceptors (Lipinski definition) is 2. The number of nitrogens with one attached hydrogen (secondary N) is 1. The maximum atomic E-state index is 12.1. The molecule has 0 aliphatic heterocycles. The summed E-state index contributed by atoms with van der Waals surface area (Å²) >= 11 is 6.12. The third-order valence-electron chi connectivity index (χ3n) is 3.22. The number of halogens is 1. The molecule has 3 nitrogen and oxygen atoms in total. The fourth-order valence-corrected chi connectivity index (χ4v) is 2.48. The number of carbonyl (C=O) groups excluding carboxylic acids is 1. The SMILES string of the molecule is O=C(NCc1cc(Cl)cc2cccnc12)c1ccccc1. The largest absolute Gasteiger partial charge is 0.348 e. The zero-order valence-corrected chi connectivity index (χ0v) is 12.0. The van der Waals surface area contributed by atoms with Crippen molar-refractivity contribution in [3.8, 4) is 0 Å². The summed E-state index contributed by atoms with van der Waals surface area (Å²) in [6.07, 6.45) is 1.73. The Labute approximate surface area is 127 Å². The van der Waals surface area contributed by atoms with Gasteiger partial charge in [0.05, 0.1) is 5.52 Å². The molecule has 0 unspecified atom stereocenters. The van der Waals surface area contributed by atoms with Gasteiger partial charge in [-0.15, -0.1) is 0 Å². The molecule has 2 aromatic carbocycles. The molecule has 0 bridgehead atoms. The van der Waals surface area contributed by atoms with Crippen LogP contribution in [-0.2, 0) is 6.54 Å². The Morgan fingerprint density at radius 3 is 2.71 bits per heavy atom. The second-order valence-corrected chi connectivity index (χ2v) is 5.13. The Kier molecular flexibility index (Phi) is 3.84. The van der Waals surface area contributed by atoms with Crippen molar-refractivity contribution in [2.75, 3.05) is 0 Å². The molecule has 0 aliphatic carbocycles. The van der Waals surface area contributed by atoms with Crippen molar-refractivity contribution < 1.29 is 4.79 Å². The topological polar surface area (TPSA) is 42.0 Å². The number of rotatable bonds is 3. The lowest BCUT2D eigenvalue weighted by molar-refractivity contribution is 0.0951. The number of fused-ring (bicyclic) bond motifs is 1. The van der Waals surface area contributed by atoms with Crippen LogP contribution in [0.3, 0.4) is 0 Å². The first-order chi connectivity index (χ1) is 10.2. The molecule has 1 aromatic heterocycles. The van der Waals surface area contributed by atoms with Crippen LogP contribution < -0.4 is 5.32 Å². The zero-order valence-electron chi connectivity index (χ0n) is 11.2. The van der Waals surface area contributed by atoms with Crippen molar-refractivity contribution in [2.24, 2.45) is 0 Å². The Morgan fingerprint density at radius 1 is 1.10 bits per heavy atom. The number of nitrogens with zero attached hydrogens (tertiary/aromatic N) is 1. The van der Waals surface area contributed by atoms with E-state index in [0.717, 1.165) is 16.5 Å². The molecule has 3 rings (SSSR count). The highest BCUT2D eigenvalue weighted by Gasteiger charge is 2.08. The second-order valence-electron chi connectivity index (χ2n) is 4.69. The Bertz CT molecular complexity index is 787. The number of carbonyl (C=O) groups is 1. The van der Waals surface area contributed by atoms with Gasteiger partial charge in [0.2, 0.25) is 0 Å². The fraction of sp³-hybridized carbons (Fsp3) is 0.0588. The van der Waals surface area contributed by atoms with Crippen LogP contribution in [0.15, 0.2) is 60.8 Å². The van der Waals surface area contributed by atoms with Gasteiger partial charge in [0.15, 0.2) is 0 Å². The first-order valence-electron chi connectivity index (χ1n) is 6.60. The van der Waals surface area contributed by atoms with E-state index in [1.165, 1.54) is 0 Å². The molecule has 1 N–H and O–H groups in total. The van der Waals surface area contributed by atoms with Gasteiger partial charge in [0.1, 0.15) is 0 Å². The Balaban J connectivity index is 1.84. The van der Waals surface area contributed by atoms with Crippen LogP contribution in [-0.4, -0.2) is 10.9 Å². The molecule has 0 atom stereocenters. The smallest absolute Gasteiger partial charge is 0.251 e. The van der Waals surface area contributed by atoms with Crippen molar-refractivity contribution >= 4 is 28.4 Å². The van der Waals surface area contributed by atoms with Gasteiger partial charge in [-0.25, -0.2) is 0 Å².